The van der Waals surface area contributed by atoms with Gasteiger partial charge in [0.25, 0.3) is 11.8 Å². The van der Waals surface area contributed by atoms with E-state index in [1.807, 2.05) is 32.0 Å². The van der Waals surface area contributed by atoms with Crippen LogP contribution in [-0.4, -0.2) is 31.6 Å². The van der Waals surface area contributed by atoms with E-state index >= 15 is 0 Å². The minimum atomic E-state index is -0.276. The third-order valence-corrected chi connectivity index (χ3v) is 3.22. The molecule has 0 heterocycles. The Hall–Kier alpha value is -3.02. The maximum Gasteiger partial charge on any atom is 0.262 e. The summed E-state index contributed by atoms with van der Waals surface area (Å²) in [5.41, 5.74) is 1.64. The van der Waals surface area contributed by atoms with Crippen LogP contribution in [0.25, 0.3) is 0 Å². The average molecular weight is 342 g/mol. The second kappa shape index (κ2) is 9.32. The summed E-state index contributed by atoms with van der Waals surface area (Å²) in [5, 5.41) is 5.38. The van der Waals surface area contributed by atoms with Gasteiger partial charge in [-0.15, -0.1) is 0 Å². The monoisotopic (exact) mass is 342 g/mol. The van der Waals surface area contributed by atoms with Crippen molar-refractivity contribution in [1.82, 2.24) is 5.32 Å². The van der Waals surface area contributed by atoms with Crippen LogP contribution >= 0.6 is 0 Å². The highest BCUT2D eigenvalue weighted by atomic mass is 16.5. The fourth-order valence-electron chi connectivity index (χ4n) is 2.11. The van der Waals surface area contributed by atoms with Crippen LogP contribution in [0.15, 0.2) is 48.5 Å². The summed E-state index contributed by atoms with van der Waals surface area (Å²) in [7, 11) is 0. The topological polar surface area (TPSA) is 76.7 Å². The molecule has 0 bridgehead atoms. The molecule has 0 aliphatic carbocycles. The Morgan fingerprint density at radius 3 is 2.24 bits per heavy atom. The van der Waals surface area contributed by atoms with Gasteiger partial charge in [0.05, 0.1) is 0 Å². The zero-order valence-electron chi connectivity index (χ0n) is 14.4. The Morgan fingerprint density at radius 2 is 1.56 bits per heavy atom. The Morgan fingerprint density at radius 1 is 0.920 bits per heavy atom. The molecule has 0 fully saturated rings. The molecule has 0 saturated heterocycles. The van der Waals surface area contributed by atoms with Crippen molar-refractivity contribution in [3.05, 3.63) is 54.1 Å². The van der Waals surface area contributed by atoms with Crippen molar-refractivity contribution in [3.63, 3.8) is 0 Å². The van der Waals surface area contributed by atoms with Gasteiger partial charge >= 0.3 is 0 Å². The van der Waals surface area contributed by atoms with Crippen molar-refractivity contribution >= 4 is 17.5 Å². The molecule has 0 aliphatic rings. The van der Waals surface area contributed by atoms with E-state index in [1.165, 1.54) is 0 Å². The number of aryl methyl sites for hydroxylation is 1. The average Bonchev–Trinajstić information content (AvgIpc) is 2.59. The van der Waals surface area contributed by atoms with Crippen molar-refractivity contribution in [2.24, 2.45) is 0 Å². The lowest BCUT2D eigenvalue weighted by Crippen LogP contribution is -2.28. The molecule has 0 atom stereocenters. The fraction of sp³-hybridized carbons (Fsp3) is 0.263. The highest BCUT2D eigenvalue weighted by molar-refractivity contribution is 5.92. The summed E-state index contributed by atoms with van der Waals surface area (Å²) in [6.45, 7) is 4.19. The van der Waals surface area contributed by atoms with Crippen molar-refractivity contribution in [2.45, 2.75) is 13.8 Å². The predicted molar refractivity (Wildman–Crippen MR) is 95.9 cm³/mol. The summed E-state index contributed by atoms with van der Waals surface area (Å²) in [6, 6.07) is 14.4. The molecule has 0 saturated carbocycles. The van der Waals surface area contributed by atoms with Crippen LogP contribution in [0.3, 0.4) is 0 Å². The zero-order valence-corrected chi connectivity index (χ0v) is 14.4. The molecule has 2 N–H and O–H groups in total. The maximum atomic E-state index is 12.0. The van der Waals surface area contributed by atoms with Crippen molar-refractivity contribution in [1.29, 1.82) is 0 Å². The van der Waals surface area contributed by atoms with Gasteiger partial charge in [-0.1, -0.05) is 18.2 Å². The summed E-state index contributed by atoms with van der Waals surface area (Å²) in [5.74, 6) is 0.684. The zero-order chi connectivity index (χ0) is 18.1. The van der Waals surface area contributed by atoms with E-state index in [2.05, 4.69) is 10.6 Å². The van der Waals surface area contributed by atoms with Gasteiger partial charge in [0.2, 0.25) is 0 Å². The van der Waals surface area contributed by atoms with Crippen LogP contribution in [0.2, 0.25) is 0 Å². The lowest BCUT2D eigenvalue weighted by Gasteiger charge is -2.10. The van der Waals surface area contributed by atoms with Crippen LogP contribution in [0.1, 0.15) is 12.5 Å². The second-order valence-corrected chi connectivity index (χ2v) is 5.42. The lowest BCUT2D eigenvalue weighted by molar-refractivity contribution is -0.123. The van der Waals surface area contributed by atoms with Crippen LogP contribution in [0, 0.1) is 6.92 Å². The quantitative estimate of drug-likeness (QED) is 0.773. The minimum absolute atomic E-state index is 0.0677. The number of likely N-dealkylation sites (N-methyl/N-ethyl adjacent to an activating group) is 1. The number of nitrogens with one attached hydrogen (secondary N) is 2. The van der Waals surface area contributed by atoms with Gasteiger partial charge in [-0.05, 0) is 43.7 Å². The molecule has 6 nitrogen and oxygen atoms in total. The first-order valence-electron chi connectivity index (χ1n) is 8.05. The summed E-state index contributed by atoms with van der Waals surface area (Å²) in [4.78, 5) is 23.4. The smallest absolute Gasteiger partial charge is 0.262 e. The SMILES string of the molecule is CCNC(=O)COc1cccc(NC(=O)COc2cccc(C)c2)c1. The highest BCUT2D eigenvalue weighted by Crippen LogP contribution is 2.17. The van der Waals surface area contributed by atoms with Crippen molar-refractivity contribution < 1.29 is 19.1 Å². The third-order valence-electron chi connectivity index (χ3n) is 3.22. The van der Waals surface area contributed by atoms with E-state index < -0.39 is 0 Å². The Kier molecular flexibility index (Phi) is 6.83. The summed E-state index contributed by atoms with van der Waals surface area (Å²) < 4.78 is 10.9. The second-order valence-electron chi connectivity index (χ2n) is 5.42. The molecule has 2 aromatic rings. The van der Waals surface area contributed by atoms with E-state index in [4.69, 9.17) is 9.47 Å². The van der Waals surface area contributed by atoms with Crippen molar-refractivity contribution in [2.75, 3.05) is 25.1 Å². The molecular formula is C19H22N2O4. The summed E-state index contributed by atoms with van der Waals surface area (Å²) >= 11 is 0. The van der Waals surface area contributed by atoms with Gasteiger partial charge in [-0.3, -0.25) is 9.59 Å². The molecule has 2 aromatic carbocycles. The number of benzene rings is 2. The molecule has 0 spiro atoms. The van der Waals surface area contributed by atoms with Crippen LogP contribution in [0.5, 0.6) is 11.5 Å². The number of hydrogen-bond donors (Lipinski definition) is 2. The molecule has 0 unspecified atom stereocenters. The van der Waals surface area contributed by atoms with Crippen LogP contribution in [0.4, 0.5) is 5.69 Å². The molecule has 6 heteroatoms. The van der Waals surface area contributed by atoms with E-state index in [9.17, 15) is 9.59 Å². The van der Waals surface area contributed by atoms with Gasteiger partial charge in [-0.25, -0.2) is 0 Å². The fourth-order valence-corrected chi connectivity index (χ4v) is 2.11. The number of anilines is 1. The Balaban J connectivity index is 1.84. The first-order chi connectivity index (χ1) is 12.1. The number of carbonyl (C=O) groups is 2. The number of amides is 2. The number of rotatable bonds is 8. The molecule has 0 aliphatic heterocycles. The Labute approximate surface area is 147 Å². The molecule has 2 rings (SSSR count). The molecule has 0 radical (unpaired) electrons. The Bertz CT molecular complexity index is 731. The molecule has 2 amide bonds. The van der Waals surface area contributed by atoms with Crippen molar-refractivity contribution in [3.8, 4) is 11.5 Å². The van der Waals surface area contributed by atoms with Crippen LogP contribution < -0.4 is 20.1 Å². The predicted octanol–water partition coefficient (Wildman–Crippen LogP) is 2.53. The van der Waals surface area contributed by atoms with Gasteiger partial charge in [0.1, 0.15) is 11.5 Å². The molecule has 25 heavy (non-hydrogen) atoms. The lowest BCUT2D eigenvalue weighted by atomic mass is 10.2. The third kappa shape index (κ3) is 6.55. The van der Waals surface area contributed by atoms with Gasteiger partial charge in [-0.2, -0.15) is 0 Å². The number of carbonyl (C=O) groups excluding carboxylic acids is 2. The summed E-state index contributed by atoms with van der Waals surface area (Å²) in [6.07, 6.45) is 0. The molecule has 132 valence electrons. The van der Waals surface area contributed by atoms with E-state index in [1.54, 1.807) is 30.3 Å². The number of ether oxygens (including phenoxy) is 2. The molecule has 0 aromatic heterocycles. The molecular weight excluding hydrogens is 320 g/mol. The number of hydrogen-bond acceptors (Lipinski definition) is 4. The van der Waals surface area contributed by atoms with Crippen LogP contribution in [-0.2, 0) is 9.59 Å². The maximum absolute atomic E-state index is 12.0. The van der Waals surface area contributed by atoms with Gasteiger partial charge < -0.3 is 20.1 Å². The first kappa shape index (κ1) is 18.3. The largest absolute Gasteiger partial charge is 0.484 e. The highest BCUT2D eigenvalue weighted by Gasteiger charge is 2.06. The van der Waals surface area contributed by atoms with Gasteiger partial charge in [0.15, 0.2) is 13.2 Å². The first-order valence-corrected chi connectivity index (χ1v) is 8.05. The van der Waals surface area contributed by atoms with E-state index in [0.29, 0.717) is 23.7 Å². The van der Waals surface area contributed by atoms with E-state index in [0.717, 1.165) is 5.56 Å². The minimum Gasteiger partial charge on any atom is -0.484 e. The van der Waals surface area contributed by atoms with E-state index in [-0.39, 0.29) is 25.0 Å². The standard InChI is InChI=1S/C19H22N2O4/c1-3-20-18(22)12-24-17-9-5-7-15(11-17)21-19(23)13-25-16-8-4-6-14(2)10-16/h4-11H,3,12-13H2,1-2H3,(H,20,22)(H,21,23). The normalized spacial score (nSPS) is 10.0. The van der Waals surface area contributed by atoms with Gasteiger partial charge in [0, 0.05) is 18.3 Å².